The highest BCUT2D eigenvalue weighted by atomic mass is 32.1. The Labute approximate surface area is 158 Å². The zero-order valence-electron chi connectivity index (χ0n) is 15.5. The summed E-state index contributed by atoms with van der Waals surface area (Å²) in [6.45, 7) is 6.83. The van der Waals surface area contributed by atoms with Crippen LogP contribution in [0.4, 0.5) is 5.00 Å². The van der Waals surface area contributed by atoms with Gasteiger partial charge in [0.15, 0.2) is 0 Å². The zero-order valence-corrected chi connectivity index (χ0v) is 16.3. The van der Waals surface area contributed by atoms with E-state index in [1.807, 2.05) is 0 Å². The topological polar surface area (TPSA) is 85.1 Å². The van der Waals surface area contributed by atoms with E-state index in [2.05, 4.69) is 31.1 Å². The molecular formula is C20H25N3O2S. The van der Waals surface area contributed by atoms with Gasteiger partial charge in [-0.3, -0.25) is 14.6 Å². The van der Waals surface area contributed by atoms with Crippen molar-refractivity contribution in [3.63, 3.8) is 0 Å². The Morgan fingerprint density at radius 1 is 1.35 bits per heavy atom. The largest absolute Gasteiger partial charge is 0.365 e. The number of rotatable bonds is 5. The van der Waals surface area contributed by atoms with E-state index < -0.39 is 5.91 Å². The summed E-state index contributed by atoms with van der Waals surface area (Å²) in [5, 5.41) is 3.45. The van der Waals surface area contributed by atoms with Crippen molar-refractivity contribution in [2.75, 3.05) is 5.32 Å². The van der Waals surface area contributed by atoms with Crippen molar-refractivity contribution >= 4 is 28.2 Å². The van der Waals surface area contributed by atoms with Gasteiger partial charge in [-0.15, -0.1) is 11.3 Å². The Morgan fingerprint density at radius 3 is 2.65 bits per heavy atom. The molecule has 5 nitrogen and oxygen atoms in total. The molecule has 0 spiro atoms. The Balaban J connectivity index is 1.91. The van der Waals surface area contributed by atoms with Crippen molar-refractivity contribution in [1.29, 1.82) is 0 Å². The van der Waals surface area contributed by atoms with E-state index in [1.54, 1.807) is 24.5 Å². The smallest absolute Gasteiger partial charge is 0.256 e. The number of hydrogen-bond donors (Lipinski definition) is 2. The maximum atomic E-state index is 12.5. The van der Waals surface area contributed by atoms with Crippen LogP contribution in [-0.4, -0.2) is 16.8 Å². The summed E-state index contributed by atoms with van der Waals surface area (Å²) < 4.78 is 0. The molecule has 26 heavy (non-hydrogen) atoms. The van der Waals surface area contributed by atoms with Crippen LogP contribution in [0.3, 0.4) is 0 Å². The van der Waals surface area contributed by atoms with Gasteiger partial charge in [0.05, 0.1) is 5.56 Å². The summed E-state index contributed by atoms with van der Waals surface area (Å²) in [7, 11) is 0. The number of nitrogens with two attached hydrogens (primary N) is 1. The van der Waals surface area contributed by atoms with Crippen LogP contribution in [0.25, 0.3) is 0 Å². The first-order valence-electron chi connectivity index (χ1n) is 8.99. The van der Waals surface area contributed by atoms with E-state index in [4.69, 9.17) is 5.73 Å². The maximum absolute atomic E-state index is 12.5. The molecule has 0 saturated carbocycles. The van der Waals surface area contributed by atoms with Crippen molar-refractivity contribution < 1.29 is 9.59 Å². The Hall–Kier alpha value is -2.21. The number of nitrogens with zero attached hydrogens (tertiary/aromatic N) is 1. The molecule has 2 aromatic rings. The standard InChI is InChI=1S/C20H25N3O2S/c1-4-20(2,3)13-5-6-14-15(11-13)26-19(16(14)17(21)24)23-18(25)12-7-9-22-10-8-12/h7-10,13H,4-6,11H2,1-3H3,(H2,21,24)(H,23,25)/t13-/m0/s1. The predicted molar refractivity (Wildman–Crippen MR) is 105 cm³/mol. The minimum atomic E-state index is -0.472. The summed E-state index contributed by atoms with van der Waals surface area (Å²) in [5.41, 5.74) is 7.93. The Kier molecular flexibility index (Phi) is 5.14. The molecule has 0 bridgehead atoms. The molecule has 2 aromatic heterocycles. The number of carbonyl (C=O) groups excluding carboxylic acids is 2. The third-order valence-electron chi connectivity index (χ3n) is 5.70. The number of thiophene rings is 1. The number of nitrogens with one attached hydrogen (secondary N) is 1. The minimum absolute atomic E-state index is 0.251. The number of primary amides is 1. The molecule has 2 amide bonds. The number of fused-ring (bicyclic) bond motifs is 1. The van der Waals surface area contributed by atoms with E-state index in [1.165, 1.54) is 16.2 Å². The molecule has 1 aliphatic rings. The number of hydrogen-bond acceptors (Lipinski definition) is 4. The van der Waals surface area contributed by atoms with Gasteiger partial charge >= 0.3 is 0 Å². The van der Waals surface area contributed by atoms with Gasteiger partial charge < -0.3 is 11.1 Å². The second-order valence-electron chi connectivity index (χ2n) is 7.54. The Bertz CT molecular complexity index is 827. The number of pyridine rings is 1. The van der Waals surface area contributed by atoms with Gasteiger partial charge in [0.25, 0.3) is 11.8 Å². The van der Waals surface area contributed by atoms with Gasteiger partial charge in [0, 0.05) is 22.8 Å². The van der Waals surface area contributed by atoms with Crippen LogP contribution in [0.1, 0.15) is 64.8 Å². The van der Waals surface area contributed by atoms with Crippen LogP contribution in [0.2, 0.25) is 0 Å². The second kappa shape index (κ2) is 7.19. The zero-order chi connectivity index (χ0) is 18.9. The quantitative estimate of drug-likeness (QED) is 0.832. The van der Waals surface area contributed by atoms with E-state index in [0.29, 0.717) is 22.0 Å². The fraction of sp³-hybridized carbons (Fsp3) is 0.450. The van der Waals surface area contributed by atoms with Gasteiger partial charge in [0.2, 0.25) is 0 Å². The maximum Gasteiger partial charge on any atom is 0.256 e. The highest BCUT2D eigenvalue weighted by molar-refractivity contribution is 7.17. The number of anilines is 1. The minimum Gasteiger partial charge on any atom is -0.365 e. The molecule has 0 radical (unpaired) electrons. The molecule has 3 N–H and O–H groups in total. The fourth-order valence-electron chi connectivity index (χ4n) is 3.57. The summed E-state index contributed by atoms with van der Waals surface area (Å²) in [6.07, 6.45) is 7.08. The monoisotopic (exact) mass is 371 g/mol. The van der Waals surface area contributed by atoms with Crippen molar-refractivity contribution in [3.8, 4) is 0 Å². The average molecular weight is 372 g/mol. The third-order valence-corrected chi connectivity index (χ3v) is 6.87. The van der Waals surface area contributed by atoms with Crippen molar-refractivity contribution in [2.45, 2.75) is 46.5 Å². The van der Waals surface area contributed by atoms with Crippen LogP contribution in [0.5, 0.6) is 0 Å². The van der Waals surface area contributed by atoms with Crippen LogP contribution >= 0.6 is 11.3 Å². The molecule has 138 valence electrons. The number of amides is 2. The lowest BCUT2D eigenvalue weighted by atomic mass is 9.69. The van der Waals surface area contributed by atoms with Crippen molar-refractivity contribution in [1.82, 2.24) is 4.98 Å². The van der Waals surface area contributed by atoms with E-state index in [-0.39, 0.29) is 11.3 Å². The van der Waals surface area contributed by atoms with Crippen LogP contribution in [0.15, 0.2) is 24.5 Å². The molecular weight excluding hydrogens is 346 g/mol. The van der Waals surface area contributed by atoms with Gasteiger partial charge in [-0.1, -0.05) is 27.2 Å². The van der Waals surface area contributed by atoms with Crippen LogP contribution in [-0.2, 0) is 12.8 Å². The van der Waals surface area contributed by atoms with Crippen molar-refractivity contribution in [3.05, 3.63) is 46.1 Å². The van der Waals surface area contributed by atoms with Gasteiger partial charge in [-0.05, 0) is 48.3 Å². The molecule has 6 heteroatoms. The highest BCUT2D eigenvalue weighted by Gasteiger charge is 2.35. The summed E-state index contributed by atoms with van der Waals surface area (Å²) in [5.74, 6) is -0.150. The highest BCUT2D eigenvalue weighted by Crippen LogP contribution is 2.45. The lowest BCUT2D eigenvalue weighted by molar-refractivity contribution is 0.0999. The van der Waals surface area contributed by atoms with Gasteiger partial charge in [0.1, 0.15) is 5.00 Å². The van der Waals surface area contributed by atoms with Crippen LogP contribution in [0, 0.1) is 11.3 Å². The summed E-state index contributed by atoms with van der Waals surface area (Å²) in [4.78, 5) is 29.7. The first-order valence-corrected chi connectivity index (χ1v) is 9.81. The lowest BCUT2D eigenvalue weighted by Gasteiger charge is -2.36. The van der Waals surface area contributed by atoms with Gasteiger partial charge in [-0.25, -0.2) is 0 Å². The molecule has 3 rings (SSSR count). The number of aromatic nitrogens is 1. The third kappa shape index (κ3) is 3.51. The molecule has 0 saturated heterocycles. The normalized spacial score (nSPS) is 16.8. The summed E-state index contributed by atoms with van der Waals surface area (Å²) >= 11 is 1.50. The first kappa shape index (κ1) is 18.6. The molecule has 0 aromatic carbocycles. The average Bonchev–Trinajstić information content (AvgIpc) is 2.99. The summed E-state index contributed by atoms with van der Waals surface area (Å²) in [6, 6.07) is 3.29. The van der Waals surface area contributed by atoms with Crippen molar-refractivity contribution in [2.24, 2.45) is 17.1 Å². The molecule has 2 heterocycles. The lowest BCUT2D eigenvalue weighted by Crippen LogP contribution is -2.29. The van der Waals surface area contributed by atoms with Crippen LogP contribution < -0.4 is 11.1 Å². The molecule has 1 atom stereocenters. The molecule has 0 aliphatic heterocycles. The Morgan fingerprint density at radius 2 is 2.04 bits per heavy atom. The SMILES string of the molecule is CCC(C)(C)[C@H]1CCc2c(sc(NC(=O)c3ccncc3)c2C(N)=O)C1. The van der Waals surface area contributed by atoms with E-state index in [0.717, 1.165) is 31.2 Å². The fourth-order valence-corrected chi connectivity index (χ4v) is 4.90. The molecule has 1 aliphatic carbocycles. The second-order valence-corrected chi connectivity index (χ2v) is 8.65. The predicted octanol–water partition coefficient (Wildman–Crippen LogP) is 4.04. The van der Waals surface area contributed by atoms with E-state index >= 15 is 0 Å². The van der Waals surface area contributed by atoms with Gasteiger partial charge in [-0.2, -0.15) is 0 Å². The molecule has 0 unspecified atom stereocenters. The first-order chi connectivity index (χ1) is 12.3. The van der Waals surface area contributed by atoms with E-state index in [9.17, 15) is 9.59 Å². The molecule has 0 fully saturated rings. The number of carbonyl (C=O) groups is 2.